The molecule has 1 aliphatic rings. The smallest absolute Gasteiger partial charge is 0.246 e. The zero-order chi connectivity index (χ0) is 15.5. The van der Waals surface area contributed by atoms with Crippen LogP contribution in [0.25, 0.3) is 0 Å². The Bertz CT molecular complexity index is 484. The number of hydrogen-bond donors (Lipinski definition) is 1. The van der Waals surface area contributed by atoms with Crippen LogP contribution in [0.4, 0.5) is 0 Å². The van der Waals surface area contributed by atoms with Gasteiger partial charge in [0, 0.05) is 26.3 Å². The monoisotopic (exact) mass is 296 g/mol. The predicted octanol–water partition coefficient (Wildman–Crippen LogP) is 1.54. The molecule has 1 fully saturated rings. The fraction of sp³-hybridized carbons (Fsp3) is 0.733. The van der Waals surface area contributed by atoms with E-state index in [2.05, 4.69) is 24.3 Å². The number of aromatic nitrogens is 1. The van der Waals surface area contributed by atoms with Crippen LogP contribution in [0.15, 0.2) is 10.6 Å². The SMILES string of the molecule is COCC(=O)N[C@H]1C[C@@H](Cc2cc(COC)on2)C1(C)C. The normalized spacial score (nSPS) is 23.6. The maximum Gasteiger partial charge on any atom is 0.246 e. The summed E-state index contributed by atoms with van der Waals surface area (Å²) in [7, 11) is 3.15. The molecular weight excluding hydrogens is 272 g/mol. The molecule has 0 spiro atoms. The Hall–Kier alpha value is -1.40. The second-order valence-corrected chi connectivity index (χ2v) is 6.23. The first kappa shape index (κ1) is 16.0. The van der Waals surface area contributed by atoms with Crippen molar-refractivity contribution in [1.29, 1.82) is 0 Å². The number of rotatable bonds is 7. The van der Waals surface area contributed by atoms with Crippen LogP contribution in [-0.2, 0) is 27.3 Å². The van der Waals surface area contributed by atoms with Crippen molar-refractivity contribution < 1.29 is 18.8 Å². The van der Waals surface area contributed by atoms with E-state index in [0.717, 1.165) is 24.3 Å². The van der Waals surface area contributed by atoms with E-state index in [1.165, 1.54) is 7.11 Å². The van der Waals surface area contributed by atoms with Gasteiger partial charge >= 0.3 is 0 Å². The summed E-state index contributed by atoms with van der Waals surface area (Å²) in [4.78, 5) is 11.6. The van der Waals surface area contributed by atoms with Crippen molar-refractivity contribution >= 4 is 5.91 Å². The van der Waals surface area contributed by atoms with E-state index in [1.807, 2.05) is 6.07 Å². The molecule has 0 aliphatic heterocycles. The van der Waals surface area contributed by atoms with E-state index in [1.54, 1.807) is 7.11 Å². The van der Waals surface area contributed by atoms with Crippen molar-refractivity contribution in [1.82, 2.24) is 10.5 Å². The number of ether oxygens (including phenoxy) is 2. The van der Waals surface area contributed by atoms with Crippen molar-refractivity contribution in [3.8, 4) is 0 Å². The molecule has 1 N–H and O–H groups in total. The molecule has 0 aromatic carbocycles. The van der Waals surface area contributed by atoms with Gasteiger partial charge < -0.3 is 19.3 Å². The van der Waals surface area contributed by atoms with Gasteiger partial charge in [-0.1, -0.05) is 19.0 Å². The third-order valence-corrected chi connectivity index (χ3v) is 4.43. The van der Waals surface area contributed by atoms with Gasteiger partial charge in [0.25, 0.3) is 0 Å². The summed E-state index contributed by atoms with van der Waals surface area (Å²) in [5, 5.41) is 7.10. The van der Waals surface area contributed by atoms with E-state index in [4.69, 9.17) is 14.0 Å². The highest BCUT2D eigenvalue weighted by Crippen LogP contribution is 2.47. The molecule has 1 heterocycles. The van der Waals surface area contributed by atoms with Gasteiger partial charge in [-0.15, -0.1) is 0 Å². The largest absolute Gasteiger partial charge is 0.377 e. The molecule has 0 saturated heterocycles. The molecule has 21 heavy (non-hydrogen) atoms. The molecule has 1 saturated carbocycles. The highest BCUT2D eigenvalue weighted by molar-refractivity contribution is 5.77. The number of carbonyl (C=O) groups is 1. The van der Waals surface area contributed by atoms with E-state index >= 15 is 0 Å². The first-order valence-corrected chi connectivity index (χ1v) is 7.19. The Morgan fingerprint density at radius 1 is 1.48 bits per heavy atom. The van der Waals surface area contributed by atoms with Crippen LogP contribution in [0.5, 0.6) is 0 Å². The molecule has 1 aliphatic carbocycles. The highest BCUT2D eigenvalue weighted by atomic mass is 16.5. The van der Waals surface area contributed by atoms with E-state index in [9.17, 15) is 4.79 Å². The van der Waals surface area contributed by atoms with Crippen LogP contribution in [0.1, 0.15) is 31.7 Å². The number of carbonyl (C=O) groups excluding carboxylic acids is 1. The zero-order valence-electron chi connectivity index (χ0n) is 13.1. The van der Waals surface area contributed by atoms with Crippen LogP contribution < -0.4 is 5.32 Å². The molecule has 118 valence electrons. The Labute approximate surface area is 125 Å². The molecular formula is C15H24N2O4. The molecule has 0 radical (unpaired) electrons. The molecule has 1 amide bonds. The van der Waals surface area contributed by atoms with Gasteiger partial charge in [0.1, 0.15) is 13.2 Å². The lowest BCUT2D eigenvalue weighted by Crippen LogP contribution is -2.59. The number of hydrogen-bond acceptors (Lipinski definition) is 5. The molecule has 0 unspecified atom stereocenters. The van der Waals surface area contributed by atoms with Gasteiger partial charge in [-0.3, -0.25) is 4.79 Å². The third-order valence-electron chi connectivity index (χ3n) is 4.43. The summed E-state index contributed by atoms with van der Waals surface area (Å²) < 4.78 is 15.1. The first-order valence-electron chi connectivity index (χ1n) is 7.19. The minimum Gasteiger partial charge on any atom is -0.377 e. The van der Waals surface area contributed by atoms with Gasteiger partial charge in [-0.2, -0.15) is 0 Å². The minimum absolute atomic E-state index is 0.0454. The molecule has 2 rings (SSSR count). The summed E-state index contributed by atoms with van der Waals surface area (Å²) >= 11 is 0. The maximum atomic E-state index is 11.6. The lowest BCUT2D eigenvalue weighted by atomic mass is 9.57. The summed E-state index contributed by atoms with van der Waals surface area (Å²) in [5.41, 5.74) is 0.992. The highest BCUT2D eigenvalue weighted by Gasteiger charge is 2.48. The minimum atomic E-state index is -0.0576. The fourth-order valence-corrected chi connectivity index (χ4v) is 2.89. The van der Waals surface area contributed by atoms with Crippen molar-refractivity contribution in [3.63, 3.8) is 0 Å². The van der Waals surface area contributed by atoms with Gasteiger partial charge in [0.15, 0.2) is 5.76 Å². The van der Waals surface area contributed by atoms with E-state index in [-0.39, 0.29) is 24.0 Å². The molecule has 1 aromatic heterocycles. The van der Waals surface area contributed by atoms with Crippen LogP contribution in [0, 0.1) is 11.3 Å². The van der Waals surface area contributed by atoms with Crippen molar-refractivity contribution in [3.05, 3.63) is 17.5 Å². The summed E-state index contributed by atoms with van der Waals surface area (Å²) in [5.74, 6) is 1.17. The predicted molar refractivity (Wildman–Crippen MR) is 76.6 cm³/mol. The molecule has 6 heteroatoms. The second-order valence-electron chi connectivity index (χ2n) is 6.23. The molecule has 6 nitrogen and oxygen atoms in total. The lowest BCUT2D eigenvalue weighted by Gasteiger charge is -2.52. The van der Waals surface area contributed by atoms with Crippen molar-refractivity contribution in [2.45, 2.75) is 39.3 Å². The average Bonchev–Trinajstić information content (AvgIpc) is 2.86. The summed E-state index contributed by atoms with van der Waals surface area (Å²) in [6.07, 6.45) is 1.81. The van der Waals surface area contributed by atoms with Gasteiger partial charge in [0.2, 0.25) is 5.91 Å². The van der Waals surface area contributed by atoms with E-state index in [0.29, 0.717) is 12.5 Å². The van der Waals surface area contributed by atoms with Crippen molar-refractivity contribution in [2.24, 2.45) is 11.3 Å². The third kappa shape index (κ3) is 3.63. The van der Waals surface area contributed by atoms with Crippen LogP contribution in [-0.4, -0.2) is 37.9 Å². The van der Waals surface area contributed by atoms with Gasteiger partial charge in [0.05, 0.1) is 5.69 Å². The number of nitrogens with one attached hydrogen (secondary N) is 1. The van der Waals surface area contributed by atoms with Gasteiger partial charge in [-0.25, -0.2) is 0 Å². The summed E-state index contributed by atoms with van der Waals surface area (Å²) in [6.45, 7) is 4.90. The van der Waals surface area contributed by atoms with E-state index < -0.39 is 0 Å². The number of amides is 1. The van der Waals surface area contributed by atoms with Crippen LogP contribution in [0.2, 0.25) is 0 Å². The Kier molecular flexibility index (Phi) is 5.00. The van der Waals surface area contributed by atoms with Crippen LogP contribution in [0.3, 0.4) is 0 Å². The quantitative estimate of drug-likeness (QED) is 0.826. The second kappa shape index (κ2) is 6.58. The summed E-state index contributed by atoms with van der Waals surface area (Å²) in [6, 6.07) is 2.13. The standard InChI is InChI=1S/C15H24N2O4/c1-15(2)10(6-13(15)16-14(18)9-20-4)5-11-7-12(8-19-3)21-17-11/h7,10,13H,5-6,8-9H2,1-4H3,(H,16,18)/t10-,13+/m1/s1. The lowest BCUT2D eigenvalue weighted by molar-refractivity contribution is -0.129. The number of nitrogens with zero attached hydrogens (tertiary/aromatic N) is 1. The fourth-order valence-electron chi connectivity index (χ4n) is 2.89. The topological polar surface area (TPSA) is 73.6 Å². The Balaban J connectivity index is 1.87. The van der Waals surface area contributed by atoms with Crippen molar-refractivity contribution in [2.75, 3.05) is 20.8 Å². The molecule has 0 bridgehead atoms. The maximum absolute atomic E-state index is 11.6. The Morgan fingerprint density at radius 2 is 2.24 bits per heavy atom. The Morgan fingerprint density at radius 3 is 2.86 bits per heavy atom. The van der Waals surface area contributed by atoms with Crippen LogP contribution >= 0.6 is 0 Å². The molecule has 1 aromatic rings. The first-order chi connectivity index (χ1) is 9.97. The van der Waals surface area contributed by atoms with Gasteiger partial charge in [-0.05, 0) is 24.2 Å². The zero-order valence-corrected chi connectivity index (χ0v) is 13.1. The average molecular weight is 296 g/mol. The number of methoxy groups -OCH3 is 2. The molecule has 2 atom stereocenters.